The summed E-state index contributed by atoms with van der Waals surface area (Å²) >= 11 is 1.18. The highest BCUT2D eigenvalue weighted by Crippen LogP contribution is 2.27. The third kappa shape index (κ3) is 4.95. The molecule has 7 nitrogen and oxygen atoms in total. The van der Waals surface area contributed by atoms with E-state index in [0.717, 1.165) is 0 Å². The van der Waals surface area contributed by atoms with E-state index in [4.69, 9.17) is 15.6 Å². The number of carbonyl (C=O) groups excluding carboxylic acids is 1. The van der Waals surface area contributed by atoms with Gasteiger partial charge in [0.05, 0.1) is 19.3 Å². The number of hydrogen-bond acceptors (Lipinski definition) is 7. The fourth-order valence-corrected chi connectivity index (χ4v) is 2.46. The maximum Gasteiger partial charge on any atom is 0.265 e. The van der Waals surface area contributed by atoms with Gasteiger partial charge in [0.15, 0.2) is 5.13 Å². The number of amides is 1. The first-order valence-corrected chi connectivity index (χ1v) is 7.03. The zero-order valence-electron chi connectivity index (χ0n) is 12.2. The van der Waals surface area contributed by atoms with Gasteiger partial charge in [-0.3, -0.25) is 4.79 Å². The zero-order valence-corrected chi connectivity index (χ0v) is 13.0. The van der Waals surface area contributed by atoms with Crippen molar-refractivity contribution in [1.82, 2.24) is 10.3 Å². The summed E-state index contributed by atoms with van der Waals surface area (Å²) < 4.78 is 4.90. The van der Waals surface area contributed by atoms with E-state index in [2.05, 4.69) is 15.6 Å². The summed E-state index contributed by atoms with van der Waals surface area (Å²) in [5.74, 6) is -0.189. The standard InChI is InChI=1S/C12H22N4O3S/c1-12(2,3)16-11-15-9(13)8(20-11)10(18)14-7(5-17)6-19-4/h7,17H,5-6,13H2,1-4H3,(H,14,18)(H,15,16). The number of nitrogens with two attached hydrogens (primary N) is 1. The monoisotopic (exact) mass is 302 g/mol. The van der Waals surface area contributed by atoms with Crippen molar-refractivity contribution in [3.63, 3.8) is 0 Å². The van der Waals surface area contributed by atoms with E-state index >= 15 is 0 Å². The predicted octanol–water partition coefficient (Wildman–Crippen LogP) is 0.673. The second-order valence-electron chi connectivity index (χ2n) is 5.42. The number of anilines is 2. The van der Waals surface area contributed by atoms with Gasteiger partial charge < -0.3 is 26.2 Å². The fraction of sp³-hybridized carbons (Fsp3) is 0.667. The first kappa shape index (κ1) is 16.7. The molecular weight excluding hydrogens is 280 g/mol. The van der Waals surface area contributed by atoms with Crippen molar-refractivity contribution in [3.8, 4) is 0 Å². The highest BCUT2D eigenvalue weighted by atomic mass is 32.1. The van der Waals surface area contributed by atoms with E-state index in [1.165, 1.54) is 18.4 Å². The second-order valence-corrected chi connectivity index (χ2v) is 6.42. The lowest BCUT2D eigenvalue weighted by molar-refractivity contribution is 0.0844. The molecular formula is C12H22N4O3S. The Morgan fingerprint density at radius 1 is 1.55 bits per heavy atom. The number of nitrogen functional groups attached to an aromatic ring is 1. The van der Waals surface area contributed by atoms with Crippen molar-refractivity contribution in [1.29, 1.82) is 0 Å². The summed E-state index contributed by atoms with van der Waals surface area (Å²) in [6, 6.07) is -0.465. The van der Waals surface area contributed by atoms with E-state index in [1.807, 2.05) is 20.8 Å². The molecule has 0 aliphatic carbocycles. The minimum absolute atomic E-state index is 0.165. The van der Waals surface area contributed by atoms with Crippen LogP contribution in [0.5, 0.6) is 0 Å². The lowest BCUT2D eigenvalue weighted by Crippen LogP contribution is -2.40. The van der Waals surface area contributed by atoms with Gasteiger partial charge in [-0.25, -0.2) is 4.98 Å². The summed E-state index contributed by atoms with van der Waals surface area (Å²) in [5, 5.41) is 15.5. The molecule has 1 heterocycles. The van der Waals surface area contributed by atoms with Crippen molar-refractivity contribution >= 4 is 28.2 Å². The van der Waals surface area contributed by atoms with Crippen molar-refractivity contribution in [2.45, 2.75) is 32.4 Å². The van der Waals surface area contributed by atoms with Gasteiger partial charge in [0.1, 0.15) is 10.7 Å². The molecule has 1 amide bonds. The van der Waals surface area contributed by atoms with Crippen LogP contribution in [0.4, 0.5) is 10.9 Å². The lowest BCUT2D eigenvalue weighted by Gasteiger charge is -2.19. The maximum atomic E-state index is 12.1. The van der Waals surface area contributed by atoms with Crippen molar-refractivity contribution in [3.05, 3.63) is 4.88 Å². The Bertz CT molecular complexity index is 456. The van der Waals surface area contributed by atoms with E-state index in [-0.39, 0.29) is 30.5 Å². The molecule has 0 aliphatic heterocycles. The van der Waals surface area contributed by atoms with Crippen LogP contribution in [0.3, 0.4) is 0 Å². The molecule has 114 valence electrons. The van der Waals surface area contributed by atoms with Gasteiger partial charge in [-0.15, -0.1) is 0 Å². The Hall–Kier alpha value is -1.38. The first-order valence-electron chi connectivity index (χ1n) is 6.22. The number of carbonyl (C=O) groups is 1. The molecule has 0 fully saturated rings. The van der Waals surface area contributed by atoms with Crippen LogP contribution in [0.1, 0.15) is 30.4 Å². The molecule has 0 spiro atoms. The Balaban J connectivity index is 2.78. The Morgan fingerprint density at radius 2 is 2.20 bits per heavy atom. The minimum atomic E-state index is -0.465. The summed E-state index contributed by atoms with van der Waals surface area (Å²) in [7, 11) is 1.50. The summed E-state index contributed by atoms with van der Waals surface area (Å²) in [5.41, 5.74) is 5.59. The molecule has 0 aliphatic rings. The van der Waals surface area contributed by atoms with Crippen molar-refractivity contribution < 1.29 is 14.6 Å². The van der Waals surface area contributed by atoms with Gasteiger partial charge in [0, 0.05) is 12.6 Å². The van der Waals surface area contributed by atoms with Gasteiger partial charge in [0.2, 0.25) is 0 Å². The summed E-state index contributed by atoms with van der Waals surface area (Å²) in [4.78, 5) is 16.5. The van der Waals surface area contributed by atoms with Crippen LogP contribution in [-0.2, 0) is 4.74 Å². The molecule has 1 atom stereocenters. The molecule has 5 N–H and O–H groups in total. The lowest BCUT2D eigenvalue weighted by atomic mass is 10.1. The normalized spacial score (nSPS) is 13.1. The van der Waals surface area contributed by atoms with Gasteiger partial charge in [-0.2, -0.15) is 0 Å². The molecule has 1 rings (SSSR count). The highest BCUT2D eigenvalue weighted by molar-refractivity contribution is 7.18. The molecule has 20 heavy (non-hydrogen) atoms. The van der Waals surface area contributed by atoms with Crippen molar-refractivity contribution in [2.24, 2.45) is 0 Å². The van der Waals surface area contributed by atoms with Crippen LogP contribution in [0.15, 0.2) is 0 Å². The average Bonchev–Trinajstić information content (AvgIpc) is 2.67. The Kier molecular flexibility index (Phi) is 5.73. The Labute approximate surface area is 122 Å². The number of ether oxygens (including phenoxy) is 1. The quantitative estimate of drug-likeness (QED) is 0.615. The van der Waals surface area contributed by atoms with Crippen LogP contribution >= 0.6 is 11.3 Å². The minimum Gasteiger partial charge on any atom is -0.394 e. The van der Waals surface area contributed by atoms with Crippen molar-refractivity contribution in [2.75, 3.05) is 31.4 Å². The first-order chi connectivity index (χ1) is 9.26. The number of hydrogen-bond donors (Lipinski definition) is 4. The molecule has 0 bridgehead atoms. The number of aromatic nitrogens is 1. The van der Waals surface area contributed by atoms with Crippen LogP contribution < -0.4 is 16.4 Å². The largest absolute Gasteiger partial charge is 0.394 e. The van der Waals surface area contributed by atoms with E-state index in [9.17, 15) is 4.79 Å². The van der Waals surface area contributed by atoms with Crippen LogP contribution in [0.2, 0.25) is 0 Å². The summed E-state index contributed by atoms with van der Waals surface area (Å²) in [6.07, 6.45) is 0. The number of aliphatic hydroxyl groups is 1. The molecule has 8 heteroatoms. The van der Waals surface area contributed by atoms with Crippen LogP contribution in [0.25, 0.3) is 0 Å². The molecule has 1 aromatic heterocycles. The number of aliphatic hydroxyl groups excluding tert-OH is 1. The Morgan fingerprint density at radius 3 is 2.70 bits per heavy atom. The van der Waals surface area contributed by atoms with E-state index < -0.39 is 6.04 Å². The van der Waals surface area contributed by atoms with E-state index in [1.54, 1.807) is 0 Å². The van der Waals surface area contributed by atoms with Gasteiger partial charge >= 0.3 is 0 Å². The number of nitrogens with zero attached hydrogens (tertiary/aromatic N) is 1. The zero-order chi connectivity index (χ0) is 15.3. The fourth-order valence-electron chi connectivity index (χ4n) is 1.46. The highest BCUT2D eigenvalue weighted by Gasteiger charge is 2.21. The third-order valence-electron chi connectivity index (χ3n) is 2.26. The van der Waals surface area contributed by atoms with Gasteiger partial charge in [-0.1, -0.05) is 11.3 Å². The molecule has 1 unspecified atom stereocenters. The SMILES string of the molecule is COCC(CO)NC(=O)c1sc(NC(C)(C)C)nc1N. The number of rotatable bonds is 6. The van der Waals surface area contributed by atoms with Gasteiger partial charge in [0.25, 0.3) is 5.91 Å². The number of thiazole rings is 1. The number of methoxy groups -OCH3 is 1. The van der Waals surface area contributed by atoms with Gasteiger partial charge in [-0.05, 0) is 20.8 Å². The number of nitrogens with one attached hydrogen (secondary N) is 2. The smallest absolute Gasteiger partial charge is 0.265 e. The summed E-state index contributed by atoms with van der Waals surface area (Å²) in [6.45, 7) is 6.00. The topological polar surface area (TPSA) is 110 Å². The average molecular weight is 302 g/mol. The molecule has 0 saturated heterocycles. The van der Waals surface area contributed by atoms with Crippen LogP contribution in [0, 0.1) is 0 Å². The maximum absolute atomic E-state index is 12.1. The molecule has 1 aromatic rings. The van der Waals surface area contributed by atoms with Crippen LogP contribution in [-0.4, -0.2) is 47.9 Å². The third-order valence-corrected chi connectivity index (χ3v) is 3.25. The molecule has 0 aromatic carbocycles. The van der Waals surface area contributed by atoms with E-state index in [0.29, 0.717) is 10.0 Å². The molecule has 0 saturated carbocycles. The predicted molar refractivity (Wildman–Crippen MR) is 80.1 cm³/mol. The second kappa shape index (κ2) is 6.87. The molecule has 0 radical (unpaired) electrons.